The lowest BCUT2D eigenvalue weighted by Gasteiger charge is -2.11. The molecule has 0 radical (unpaired) electrons. The van der Waals surface area contributed by atoms with E-state index >= 15 is 0 Å². The number of carboxylic acids is 1. The van der Waals surface area contributed by atoms with Gasteiger partial charge >= 0.3 is 5.97 Å². The van der Waals surface area contributed by atoms with Gasteiger partial charge in [-0.3, -0.25) is 9.48 Å². The van der Waals surface area contributed by atoms with E-state index in [1.165, 1.54) is 10.9 Å². The number of carboxylic acid groups (broad SMARTS) is 1. The standard InChI is InChI=1S/C17H18N4O5/c1-3-25-9-11-10-6-4-5-7-13(10)26-15(11)16(22)18-14(17(23)24)12-8-21(2)20-19-12/h4-8,14H,3,9H2,1-2H3,(H,18,22)(H,23,24). The summed E-state index contributed by atoms with van der Waals surface area (Å²) < 4.78 is 12.4. The summed E-state index contributed by atoms with van der Waals surface area (Å²) in [5, 5.41) is 20.1. The van der Waals surface area contributed by atoms with Gasteiger partial charge in [-0.05, 0) is 13.0 Å². The first-order valence-corrected chi connectivity index (χ1v) is 7.99. The molecule has 0 aliphatic rings. The zero-order valence-electron chi connectivity index (χ0n) is 14.3. The molecule has 0 spiro atoms. The van der Waals surface area contributed by atoms with Crippen LogP contribution in [0.15, 0.2) is 34.9 Å². The fourth-order valence-electron chi connectivity index (χ4n) is 2.59. The fraction of sp³-hybridized carbons (Fsp3) is 0.294. The molecule has 1 amide bonds. The number of nitrogens with one attached hydrogen (secondary N) is 1. The number of benzene rings is 1. The van der Waals surface area contributed by atoms with Crippen LogP contribution in [0.4, 0.5) is 0 Å². The molecule has 26 heavy (non-hydrogen) atoms. The summed E-state index contributed by atoms with van der Waals surface area (Å²) in [7, 11) is 1.61. The second kappa shape index (κ2) is 7.36. The maximum Gasteiger partial charge on any atom is 0.332 e. The topological polar surface area (TPSA) is 119 Å². The van der Waals surface area contributed by atoms with Gasteiger partial charge in [0.25, 0.3) is 5.91 Å². The van der Waals surface area contributed by atoms with E-state index in [4.69, 9.17) is 9.15 Å². The number of aliphatic carboxylic acids is 1. The van der Waals surface area contributed by atoms with Gasteiger partial charge < -0.3 is 19.6 Å². The lowest BCUT2D eigenvalue weighted by molar-refractivity contribution is -0.139. The van der Waals surface area contributed by atoms with Gasteiger partial charge in [0.05, 0.1) is 12.8 Å². The fourth-order valence-corrected chi connectivity index (χ4v) is 2.59. The van der Waals surface area contributed by atoms with Gasteiger partial charge in [0.15, 0.2) is 11.8 Å². The molecule has 0 fully saturated rings. The first-order valence-electron chi connectivity index (χ1n) is 7.99. The zero-order valence-corrected chi connectivity index (χ0v) is 14.3. The Labute approximate surface area is 148 Å². The van der Waals surface area contributed by atoms with Gasteiger partial charge in [0.2, 0.25) is 0 Å². The normalized spacial score (nSPS) is 12.2. The second-order valence-electron chi connectivity index (χ2n) is 5.60. The Kier molecular flexibility index (Phi) is 4.99. The zero-order chi connectivity index (χ0) is 18.7. The van der Waals surface area contributed by atoms with E-state index in [-0.39, 0.29) is 18.1 Å². The summed E-state index contributed by atoms with van der Waals surface area (Å²) in [5.74, 6) is -1.88. The average Bonchev–Trinajstić information content (AvgIpc) is 3.21. The Morgan fingerprint density at radius 1 is 1.38 bits per heavy atom. The molecule has 2 N–H and O–H groups in total. The van der Waals surface area contributed by atoms with E-state index in [0.29, 0.717) is 17.8 Å². The van der Waals surface area contributed by atoms with E-state index < -0.39 is 17.9 Å². The molecule has 2 aromatic heterocycles. The number of aryl methyl sites for hydroxylation is 1. The van der Waals surface area contributed by atoms with Crippen LogP contribution in [0.5, 0.6) is 0 Å². The van der Waals surface area contributed by atoms with Crippen molar-refractivity contribution in [2.75, 3.05) is 6.61 Å². The number of amides is 1. The number of rotatable bonds is 7. The van der Waals surface area contributed by atoms with E-state index in [9.17, 15) is 14.7 Å². The molecular formula is C17H18N4O5. The Morgan fingerprint density at radius 3 is 2.81 bits per heavy atom. The SMILES string of the molecule is CCOCc1c(C(=O)NC(C(=O)O)c2cn(C)nn2)oc2ccccc12. The van der Waals surface area contributed by atoms with E-state index in [2.05, 4.69) is 15.6 Å². The van der Waals surface area contributed by atoms with Crippen LogP contribution in [0.3, 0.4) is 0 Å². The summed E-state index contributed by atoms with van der Waals surface area (Å²) in [5.41, 5.74) is 1.22. The smallest absolute Gasteiger partial charge is 0.332 e. The number of furan rings is 1. The monoisotopic (exact) mass is 358 g/mol. The number of carbonyl (C=O) groups is 2. The molecule has 3 rings (SSSR count). The molecule has 0 saturated heterocycles. The van der Waals surface area contributed by atoms with Crippen molar-refractivity contribution in [2.24, 2.45) is 7.05 Å². The number of nitrogens with zero attached hydrogens (tertiary/aromatic N) is 3. The molecule has 9 nitrogen and oxygen atoms in total. The molecule has 0 saturated carbocycles. The average molecular weight is 358 g/mol. The Morgan fingerprint density at radius 2 is 2.15 bits per heavy atom. The number of hydrogen-bond donors (Lipinski definition) is 2. The lowest BCUT2D eigenvalue weighted by Crippen LogP contribution is -2.34. The Bertz CT molecular complexity index is 946. The van der Waals surface area contributed by atoms with Crippen LogP contribution in [0.2, 0.25) is 0 Å². The number of aromatic nitrogens is 3. The summed E-state index contributed by atoms with van der Waals surface area (Å²) in [6, 6.07) is 5.83. The summed E-state index contributed by atoms with van der Waals surface area (Å²) in [4.78, 5) is 24.3. The van der Waals surface area contributed by atoms with Crippen molar-refractivity contribution in [1.29, 1.82) is 0 Å². The van der Waals surface area contributed by atoms with Crippen LogP contribution in [-0.4, -0.2) is 38.6 Å². The third-order valence-electron chi connectivity index (χ3n) is 3.79. The third-order valence-corrected chi connectivity index (χ3v) is 3.79. The van der Waals surface area contributed by atoms with Gasteiger partial charge in [-0.1, -0.05) is 23.4 Å². The van der Waals surface area contributed by atoms with Gasteiger partial charge in [0, 0.05) is 24.6 Å². The minimum Gasteiger partial charge on any atom is -0.479 e. The number of hydrogen-bond acceptors (Lipinski definition) is 6. The van der Waals surface area contributed by atoms with Crippen molar-refractivity contribution < 1.29 is 23.8 Å². The van der Waals surface area contributed by atoms with Gasteiger partial charge in [-0.2, -0.15) is 0 Å². The van der Waals surface area contributed by atoms with E-state index in [0.717, 1.165) is 5.39 Å². The molecule has 0 aliphatic heterocycles. The molecule has 0 aliphatic carbocycles. The highest BCUT2D eigenvalue weighted by atomic mass is 16.5. The molecular weight excluding hydrogens is 340 g/mol. The molecule has 3 aromatic rings. The van der Waals surface area contributed by atoms with E-state index in [1.807, 2.05) is 19.1 Å². The van der Waals surface area contributed by atoms with Crippen LogP contribution >= 0.6 is 0 Å². The second-order valence-corrected chi connectivity index (χ2v) is 5.60. The van der Waals surface area contributed by atoms with Crippen molar-refractivity contribution >= 4 is 22.8 Å². The predicted octanol–water partition coefficient (Wildman–Crippen LogP) is 1.65. The highest BCUT2D eigenvalue weighted by Gasteiger charge is 2.29. The number of fused-ring (bicyclic) bond motifs is 1. The molecule has 1 aromatic carbocycles. The number of ether oxygens (including phenoxy) is 1. The van der Waals surface area contributed by atoms with Crippen LogP contribution in [0, 0.1) is 0 Å². The molecule has 2 heterocycles. The van der Waals surface area contributed by atoms with Crippen LogP contribution in [-0.2, 0) is 23.2 Å². The summed E-state index contributed by atoms with van der Waals surface area (Å²) in [6.07, 6.45) is 1.43. The molecule has 1 unspecified atom stereocenters. The largest absolute Gasteiger partial charge is 0.479 e. The molecule has 9 heteroatoms. The predicted molar refractivity (Wildman–Crippen MR) is 90.4 cm³/mol. The summed E-state index contributed by atoms with van der Waals surface area (Å²) >= 11 is 0. The Balaban J connectivity index is 1.94. The maximum atomic E-state index is 12.7. The highest BCUT2D eigenvalue weighted by Crippen LogP contribution is 2.27. The minimum atomic E-state index is -1.34. The maximum absolute atomic E-state index is 12.7. The molecule has 1 atom stereocenters. The van der Waals surface area contributed by atoms with Crippen molar-refractivity contribution in [3.8, 4) is 0 Å². The van der Waals surface area contributed by atoms with Crippen molar-refractivity contribution in [3.05, 3.63) is 47.5 Å². The van der Waals surface area contributed by atoms with Gasteiger partial charge in [-0.25, -0.2) is 4.79 Å². The van der Waals surface area contributed by atoms with Gasteiger partial charge in [0.1, 0.15) is 11.3 Å². The quantitative estimate of drug-likeness (QED) is 0.659. The number of carbonyl (C=O) groups excluding carboxylic acids is 1. The van der Waals surface area contributed by atoms with E-state index in [1.54, 1.807) is 19.2 Å². The Hall–Kier alpha value is -3.20. The lowest BCUT2D eigenvalue weighted by atomic mass is 10.1. The van der Waals surface area contributed by atoms with Crippen molar-refractivity contribution in [2.45, 2.75) is 19.6 Å². The molecule has 0 bridgehead atoms. The first-order chi connectivity index (χ1) is 12.5. The van der Waals surface area contributed by atoms with Gasteiger partial charge in [-0.15, -0.1) is 5.10 Å². The minimum absolute atomic E-state index is 0.0230. The third kappa shape index (κ3) is 3.42. The summed E-state index contributed by atoms with van der Waals surface area (Å²) in [6.45, 7) is 2.49. The van der Waals surface area contributed by atoms with Crippen molar-refractivity contribution in [1.82, 2.24) is 20.3 Å². The van der Waals surface area contributed by atoms with Crippen molar-refractivity contribution in [3.63, 3.8) is 0 Å². The van der Waals surface area contributed by atoms with Crippen LogP contribution in [0.25, 0.3) is 11.0 Å². The molecule has 136 valence electrons. The highest BCUT2D eigenvalue weighted by molar-refractivity contribution is 6.00. The van der Waals surface area contributed by atoms with Crippen LogP contribution in [0.1, 0.15) is 34.8 Å². The van der Waals surface area contributed by atoms with Crippen LogP contribution < -0.4 is 5.32 Å². The first kappa shape index (κ1) is 17.6. The number of para-hydroxylation sites is 1.